The van der Waals surface area contributed by atoms with Crippen molar-refractivity contribution in [2.75, 3.05) is 6.54 Å². The zero-order chi connectivity index (χ0) is 11.1. The van der Waals surface area contributed by atoms with E-state index in [9.17, 15) is 4.79 Å². The predicted molar refractivity (Wildman–Crippen MR) is 63.1 cm³/mol. The summed E-state index contributed by atoms with van der Waals surface area (Å²) in [6, 6.07) is 8.39. The second-order valence-electron chi connectivity index (χ2n) is 4.31. The summed E-state index contributed by atoms with van der Waals surface area (Å²) in [5.41, 5.74) is 1.07. The summed E-state index contributed by atoms with van der Waals surface area (Å²) in [7, 11) is 0. The number of benzene rings is 1. The summed E-state index contributed by atoms with van der Waals surface area (Å²) in [6.07, 6.45) is 2.00. The standard InChI is InChI=1S/C12H12BrNO2/c13-9-3-1-8(2-4-9)11-7-14(10-5-6-10)12(15)16-11/h1-4,10-11H,5-7H2. The van der Waals surface area contributed by atoms with Crippen LogP contribution in [0.15, 0.2) is 28.7 Å². The summed E-state index contributed by atoms with van der Waals surface area (Å²) in [4.78, 5) is 13.5. The number of hydrogen-bond donors (Lipinski definition) is 0. The molecular formula is C12H12BrNO2. The van der Waals surface area contributed by atoms with Gasteiger partial charge in [0.05, 0.1) is 6.54 Å². The monoisotopic (exact) mass is 281 g/mol. The molecule has 0 spiro atoms. The van der Waals surface area contributed by atoms with Crippen LogP contribution in [0.4, 0.5) is 4.79 Å². The molecule has 1 saturated heterocycles. The number of rotatable bonds is 2. The van der Waals surface area contributed by atoms with E-state index >= 15 is 0 Å². The second kappa shape index (κ2) is 3.77. The van der Waals surface area contributed by atoms with E-state index in [1.807, 2.05) is 29.2 Å². The molecule has 0 radical (unpaired) electrons. The van der Waals surface area contributed by atoms with E-state index in [0.29, 0.717) is 12.6 Å². The lowest BCUT2D eigenvalue weighted by Crippen LogP contribution is -2.26. The minimum atomic E-state index is -0.157. The molecule has 4 heteroatoms. The molecule has 1 unspecified atom stereocenters. The van der Waals surface area contributed by atoms with E-state index in [2.05, 4.69) is 15.9 Å². The van der Waals surface area contributed by atoms with Crippen molar-refractivity contribution in [3.8, 4) is 0 Å². The van der Waals surface area contributed by atoms with Gasteiger partial charge in [-0.3, -0.25) is 0 Å². The Morgan fingerprint density at radius 3 is 2.56 bits per heavy atom. The summed E-state index contributed by atoms with van der Waals surface area (Å²) in [5.74, 6) is 0. The summed E-state index contributed by atoms with van der Waals surface area (Å²) in [5, 5.41) is 0. The van der Waals surface area contributed by atoms with Crippen molar-refractivity contribution in [3.63, 3.8) is 0 Å². The van der Waals surface area contributed by atoms with E-state index in [0.717, 1.165) is 22.9 Å². The molecule has 3 rings (SSSR count). The van der Waals surface area contributed by atoms with Crippen LogP contribution >= 0.6 is 15.9 Å². The highest BCUT2D eigenvalue weighted by Crippen LogP contribution is 2.35. The Morgan fingerprint density at radius 1 is 1.25 bits per heavy atom. The van der Waals surface area contributed by atoms with Gasteiger partial charge in [0, 0.05) is 10.5 Å². The van der Waals surface area contributed by atoms with Gasteiger partial charge in [-0.2, -0.15) is 0 Å². The summed E-state index contributed by atoms with van der Waals surface area (Å²) >= 11 is 3.39. The molecule has 2 fully saturated rings. The van der Waals surface area contributed by atoms with E-state index in [1.165, 1.54) is 0 Å². The lowest BCUT2D eigenvalue weighted by Gasteiger charge is -2.10. The van der Waals surface area contributed by atoms with Gasteiger partial charge in [0.2, 0.25) is 0 Å². The molecule has 2 aliphatic rings. The fourth-order valence-electron chi connectivity index (χ4n) is 2.02. The van der Waals surface area contributed by atoms with Gasteiger partial charge in [0.15, 0.2) is 0 Å². The fraction of sp³-hybridized carbons (Fsp3) is 0.417. The molecule has 1 aliphatic heterocycles. The number of carbonyl (C=O) groups excluding carboxylic acids is 1. The minimum absolute atomic E-state index is 0.0961. The first-order valence-corrected chi connectivity index (χ1v) is 6.26. The first-order chi connectivity index (χ1) is 7.74. The number of hydrogen-bond acceptors (Lipinski definition) is 2. The zero-order valence-electron chi connectivity index (χ0n) is 8.73. The maximum Gasteiger partial charge on any atom is 0.410 e. The fourth-order valence-corrected chi connectivity index (χ4v) is 2.28. The molecule has 1 amide bonds. The van der Waals surface area contributed by atoms with E-state index in [4.69, 9.17) is 4.74 Å². The number of amides is 1. The lowest BCUT2D eigenvalue weighted by molar-refractivity contribution is 0.132. The molecular weight excluding hydrogens is 270 g/mol. The van der Waals surface area contributed by atoms with Crippen molar-refractivity contribution in [1.82, 2.24) is 4.90 Å². The molecule has 16 heavy (non-hydrogen) atoms. The lowest BCUT2D eigenvalue weighted by atomic mass is 10.1. The van der Waals surface area contributed by atoms with Gasteiger partial charge in [0.25, 0.3) is 0 Å². The van der Waals surface area contributed by atoms with Crippen molar-refractivity contribution in [1.29, 1.82) is 0 Å². The van der Waals surface area contributed by atoms with Gasteiger partial charge < -0.3 is 9.64 Å². The maximum absolute atomic E-state index is 11.6. The molecule has 3 nitrogen and oxygen atoms in total. The Bertz CT molecular complexity index is 414. The van der Waals surface area contributed by atoms with Crippen LogP contribution in [0.5, 0.6) is 0 Å². The van der Waals surface area contributed by atoms with Gasteiger partial charge in [-0.25, -0.2) is 4.79 Å². The van der Waals surface area contributed by atoms with E-state index in [-0.39, 0.29) is 12.2 Å². The number of halogens is 1. The average molecular weight is 282 g/mol. The van der Waals surface area contributed by atoms with Gasteiger partial charge in [-0.1, -0.05) is 28.1 Å². The topological polar surface area (TPSA) is 29.5 Å². The summed E-state index contributed by atoms with van der Waals surface area (Å²) < 4.78 is 6.41. The third-order valence-electron chi connectivity index (χ3n) is 3.07. The van der Waals surface area contributed by atoms with Crippen LogP contribution in [0.2, 0.25) is 0 Å². The van der Waals surface area contributed by atoms with Crippen LogP contribution in [0.3, 0.4) is 0 Å². The van der Waals surface area contributed by atoms with Crippen LogP contribution in [0.25, 0.3) is 0 Å². The van der Waals surface area contributed by atoms with E-state index < -0.39 is 0 Å². The average Bonchev–Trinajstić information content (AvgIpc) is 3.04. The van der Waals surface area contributed by atoms with Gasteiger partial charge >= 0.3 is 6.09 Å². The number of nitrogens with zero attached hydrogens (tertiary/aromatic N) is 1. The SMILES string of the molecule is O=C1OC(c2ccc(Br)cc2)CN1C1CC1. The zero-order valence-corrected chi connectivity index (χ0v) is 10.3. The molecule has 1 aliphatic carbocycles. The Morgan fingerprint density at radius 2 is 1.94 bits per heavy atom. The Labute approximate surface area is 103 Å². The maximum atomic E-state index is 11.6. The van der Waals surface area contributed by atoms with Gasteiger partial charge in [0.1, 0.15) is 6.10 Å². The predicted octanol–water partition coefficient (Wildman–Crippen LogP) is 3.10. The molecule has 1 aromatic rings. The first kappa shape index (κ1) is 10.1. The molecule has 1 aromatic carbocycles. The normalized spacial score (nSPS) is 24.7. The number of ether oxygens (including phenoxy) is 1. The largest absolute Gasteiger partial charge is 0.439 e. The van der Waals surface area contributed by atoms with Crippen molar-refractivity contribution in [2.45, 2.75) is 25.0 Å². The number of cyclic esters (lactones) is 1. The van der Waals surface area contributed by atoms with Gasteiger partial charge in [-0.05, 0) is 30.5 Å². The smallest absolute Gasteiger partial charge is 0.410 e. The number of carbonyl (C=O) groups is 1. The van der Waals surface area contributed by atoms with E-state index in [1.54, 1.807) is 0 Å². The van der Waals surface area contributed by atoms with Crippen LogP contribution in [0, 0.1) is 0 Å². The first-order valence-electron chi connectivity index (χ1n) is 5.47. The molecule has 84 valence electrons. The molecule has 1 atom stereocenters. The van der Waals surface area contributed by atoms with Crippen LogP contribution in [-0.4, -0.2) is 23.6 Å². The minimum Gasteiger partial charge on any atom is -0.439 e. The third-order valence-corrected chi connectivity index (χ3v) is 3.60. The van der Waals surface area contributed by atoms with Crippen LogP contribution < -0.4 is 0 Å². The van der Waals surface area contributed by atoms with Crippen LogP contribution in [-0.2, 0) is 4.74 Å². The molecule has 0 bridgehead atoms. The van der Waals surface area contributed by atoms with Crippen molar-refractivity contribution < 1.29 is 9.53 Å². The highest BCUT2D eigenvalue weighted by Gasteiger charge is 2.41. The Hall–Kier alpha value is -1.03. The van der Waals surface area contributed by atoms with Crippen molar-refractivity contribution >= 4 is 22.0 Å². The molecule has 1 heterocycles. The highest BCUT2D eigenvalue weighted by molar-refractivity contribution is 9.10. The third kappa shape index (κ3) is 1.82. The molecule has 0 N–H and O–H groups in total. The van der Waals surface area contributed by atoms with Crippen molar-refractivity contribution in [2.24, 2.45) is 0 Å². The van der Waals surface area contributed by atoms with Crippen LogP contribution in [0.1, 0.15) is 24.5 Å². The Kier molecular flexibility index (Phi) is 2.39. The summed E-state index contributed by atoms with van der Waals surface area (Å²) in [6.45, 7) is 0.700. The van der Waals surface area contributed by atoms with Gasteiger partial charge in [-0.15, -0.1) is 0 Å². The van der Waals surface area contributed by atoms with Crippen molar-refractivity contribution in [3.05, 3.63) is 34.3 Å². The second-order valence-corrected chi connectivity index (χ2v) is 5.22. The highest BCUT2D eigenvalue weighted by atomic mass is 79.9. The quantitative estimate of drug-likeness (QED) is 0.834. The molecule has 1 saturated carbocycles. The Balaban J connectivity index is 1.77. The molecule has 0 aromatic heterocycles.